The van der Waals surface area contributed by atoms with Crippen molar-refractivity contribution in [3.05, 3.63) is 47.5 Å². The highest BCUT2D eigenvalue weighted by molar-refractivity contribution is 6.32. The van der Waals surface area contributed by atoms with E-state index in [-0.39, 0.29) is 0 Å². The van der Waals surface area contributed by atoms with E-state index < -0.39 is 0 Å². The number of aromatic nitrogens is 2. The number of benzene rings is 1. The average Bonchev–Trinajstić information content (AvgIpc) is 2.70. The van der Waals surface area contributed by atoms with Crippen LogP contribution in [0.15, 0.2) is 36.9 Å². The van der Waals surface area contributed by atoms with Crippen molar-refractivity contribution < 1.29 is 0 Å². The molecule has 2 N–H and O–H groups in total. The number of halogens is 1. The molecule has 2 aromatic rings. The highest BCUT2D eigenvalue weighted by Gasteiger charge is 2.02. The van der Waals surface area contributed by atoms with E-state index >= 15 is 0 Å². The summed E-state index contributed by atoms with van der Waals surface area (Å²) < 4.78 is 1.86. The van der Waals surface area contributed by atoms with Crippen molar-refractivity contribution in [3.63, 3.8) is 0 Å². The van der Waals surface area contributed by atoms with Crippen LogP contribution >= 0.6 is 11.6 Å². The van der Waals surface area contributed by atoms with E-state index in [1.807, 2.05) is 29.0 Å². The van der Waals surface area contributed by atoms with E-state index in [9.17, 15) is 0 Å². The molecule has 0 radical (unpaired) electrons. The molecule has 0 saturated carbocycles. The summed E-state index contributed by atoms with van der Waals surface area (Å²) in [6.07, 6.45) is 5.28. The highest BCUT2D eigenvalue weighted by atomic mass is 35.5. The number of hydrogen-bond donors (Lipinski definition) is 1. The third-order valence-corrected chi connectivity index (χ3v) is 2.33. The van der Waals surface area contributed by atoms with Gasteiger partial charge in [0.05, 0.1) is 17.0 Å². The standard InChI is InChI=1S/C10H10ClN3/c11-9-5-8(6-12)1-2-10(9)14-4-3-13-7-14/h1-5,7H,6,12H2. The van der Waals surface area contributed by atoms with Crippen LogP contribution in [0, 0.1) is 0 Å². The van der Waals surface area contributed by atoms with Gasteiger partial charge in [-0.25, -0.2) is 4.98 Å². The van der Waals surface area contributed by atoms with E-state index in [0.29, 0.717) is 11.6 Å². The van der Waals surface area contributed by atoms with Crippen LogP contribution in [0.3, 0.4) is 0 Å². The molecular weight excluding hydrogens is 198 g/mol. The van der Waals surface area contributed by atoms with Gasteiger partial charge in [0.2, 0.25) is 0 Å². The van der Waals surface area contributed by atoms with Crippen molar-refractivity contribution in [1.82, 2.24) is 9.55 Å². The normalized spacial score (nSPS) is 10.4. The van der Waals surface area contributed by atoms with Crippen LogP contribution in [0.5, 0.6) is 0 Å². The summed E-state index contributed by atoms with van der Waals surface area (Å²) in [7, 11) is 0. The highest BCUT2D eigenvalue weighted by Crippen LogP contribution is 2.21. The van der Waals surface area contributed by atoms with Gasteiger partial charge >= 0.3 is 0 Å². The van der Waals surface area contributed by atoms with Gasteiger partial charge in [-0.2, -0.15) is 0 Å². The second kappa shape index (κ2) is 3.82. The van der Waals surface area contributed by atoms with Crippen molar-refractivity contribution in [2.24, 2.45) is 5.73 Å². The lowest BCUT2D eigenvalue weighted by Gasteiger charge is -2.06. The van der Waals surface area contributed by atoms with Gasteiger partial charge in [0.15, 0.2) is 0 Å². The topological polar surface area (TPSA) is 43.8 Å². The third-order valence-electron chi connectivity index (χ3n) is 2.03. The lowest BCUT2D eigenvalue weighted by molar-refractivity contribution is 1.03. The van der Waals surface area contributed by atoms with Crippen LogP contribution in [0.2, 0.25) is 5.02 Å². The molecule has 0 amide bonds. The van der Waals surface area contributed by atoms with Gasteiger partial charge in [-0.15, -0.1) is 0 Å². The largest absolute Gasteiger partial charge is 0.326 e. The molecule has 3 nitrogen and oxygen atoms in total. The Labute approximate surface area is 87.1 Å². The van der Waals surface area contributed by atoms with Gasteiger partial charge in [0.1, 0.15) is 0 Å². The van der Waals surface area contributed by atoms with Crippen LogP contribution in [0.1, 0.15) is 5.56 Å². The van der Waals surface area contributed by atoms with Gasteiger partial charge in [-0.3, -0.25) is 0 Å². The second-order valence-electron chi connectivity index (χ2n) is 2.96. The van der Waals surface area contributed by atoms with Gasteiger partial charge in [-0.1, -0.05) is 17.7 Å². The smallest absolute Gasteiger partial charge is 0.0992 e. The van der Waals surface area contributed by atoms with Crippen LogP contribution in [0.4, 0.5) is 0 Å². The van der Waals surface area contributed by atoms with E-state index in [1.165, 1.54) is 0 Å². The molecule has 72 valence electrons. The molecule has 0 fully saturated rings. The maximum Gasteiger partial charge on any atom is 0.0992 e. The van der Waals surface area contributed by atoms with Crippen LogP contribution in [-0.2, 0) is 6.54 Å². The summed E-state index contributed by atoms with van der Waals surface area (Å²) in [5.41, 5.74) is 7.45. The van der Waals surface area contributed by atoms with E-state index in [4.69, 9.17) is 17.3 Å². The van der Waals surface area contributed by atoms with Gasteiger partial charge in [0, 0.05) is 18.9 Å². The van der Waals surface area contributed by atoms with Crippen LogP contribution < -0.4 is 5.73 Å². The summed E-state index contributed by atoms with van der Waals surface area (Å²) in [5.74, 6) is 0. The first-order valence-electron chi connectivity index (χ1n) is 4.28. The SMILES string of the molecule is NCc1ccc(-n2ccnc2)c(Cl)c1. The van der Waals surface area contributed by atoms with E-state index in [1.54, 1.807) is 12.5 Å². The monoisotopic (exact) mass is 207 g/mol. The summed E-state index contributed by atoms with van der Waals surface area (Å²) in [6, 6.07) is 5.77. The Balaban J connectivity index is 2.46. The Hall–Kier alpha value is -1.32. The zero-order valence-corrected chi connectivity index (χ0v) is 8.28. The average molecular weight is 208 g/mol. The van der Waals surface area contributed by atoms with Crippen molar-refractivity contribution in [2.75, 3.05) is 0 Å². The quantitative estimate of drug-likeness (QED) is 0.819. The Morgan fingerprint density at radius 3 is 2.86 bits per heavy atom. The Morgan fingerprint density at radius 1 is 1.43 bits per heavy atom. The number of rotatable bonds is 2. The first-order chi connectivity index (χ1) is 6.81. The zero-order chi connectivity index (χ0) is 9.97. The minimum atomic E-state index is 0.504. The molecule has 0 aliphatic rings. The molecule has 0 saturated heterocycles. The van der Waals surface area contributed by atoms with Crippen molar-refractivity contribution in [1.29, 1.82) is 0 Å². The fourth-order valence-electron chi connectivity index (χ4n) is 1.29. The molecule has 0 atom stereocenters. The van der Waals surface area contributed by atoms with Crippen LogP contribution in [0.25, 0.3) is 5.69 Å². The molecule has 0 bridgehead atoms. The van der Waals surface area contributed by atoms with Gasteiger partial charge < -0.3 is 10.3 Å². The summed E-state index contributed by atoms with van der Waals surface area (Å²) in [4.78, 5) is 3.96. The summed E-state index contributed by atoms with van der Waals surface area (Å²) in [6.45, 7) is 0.504. The molecule has 2 rings (SSSR count). The molecule has 14 heavy (non-hydrogen) atoms. The predicted molar refractivity (Wildman–Crippen MR) is 56.5 cm³/mol. The molecule has 0 aliphatic heterocycles. The maximum absolute atomic E-state index is 6.10. The molecular formula is C10H10ClN3. The molecule has 0 aliphatic carbocycles. The molecule has 1 aromatic carbocycles. The fourth-order valence-corrected chi connectivity index (χ4v) is 1.59. The minimum absolute atomic E-state index is 0.504. The van der Waals surface area contributed by atoms with Crippen LogP contribution in [-0.4, -0.2) is 9.55 Å². The lowest BCUT2D eigenvalue weighted by atomic mass is 10.2. The fraction of sp³-hybridized carbons (Fsp3) is 0.100. The molecule has 4 heteroatoms. The number of nitrogens with zero attached hydrogens (tertiary/aromatic N) is 2. The third kappa shape index (κ3) is 1.64. The Bertz CT molecular complexity index is 423. The molecule has 1 aromatic heterocycles. The van der Waals surface area contributed by atoms with Crippen molar-refractivity contribution >= 4 is 11.6 Å². The number of hydrogen-bond acceptors (Lipinski definition) is 2. The zero-order valence-electron chi connectivity index (χ0n) is 7.52. The predicted octanol–water partition coefficient (Wildman–Crippen LogP) is 1.98. The van der Waals surface area contributed by atoms with Gasteiger partial charge in [-0.05, 0) is 17.7 Å². The Kier molecular flexibility index (Phi) is 2.52. The minimum Gasteiger partial charge on any atom is -0.326 e. The van der Waals surface area contributed by atoms with Gasteiger partial charge in [0.25, 0.3) is 0 Å². The van der Waals surface area contributed by atoms with Crippen molar-refractivity contribution in [2.45, 2.75) is 6.54 Å². The Morgan fingerprint density at radius 2 is 2.29 bits per heavy atom. The molecule has 0 spiro atoms. The summed E-state index contributed by atoms with van der Waals surface area (Å²) in [5, 5.41) is 0.686. The number of nitrogens with two attached hydrogens (primary N) is 1. The van der Waals surface area contributed by atoms with E-state index in [2.05, 4.69) is 4.98 Å². The summed E-state index contributed by atoms with van der Waals surface area (Å²) >= 11 is 6.10. The maximum atomic E-state index is 6.10. The first kappa shape index (κ1) is 9.24. The second-order valence-corrected chi connectivity index (χ2v) is 3.37. The molecule has 0 unspecified atom stereocenters. The molecule has 1 heterocycles. The lowest BCUT2D eigenvalue weighted by Crippen LogP contribution is -1.98. The number of imidazole rings is 1. The van der Waals surface area contributed by atoms with Crippen molar-refractivity contribution in [3.8, 4) is 5.69 Å². The van der Waals surface area contributed by atoms with E-state index in [0.717, 1.165) is 11.3 Å². The first-order valence-corrected chi connectivity index (χ1v) is 4.66.